The molecule has 1 N–H and O–H groups in total. The van der Waals surface area contributed by atoms with Gasteiger partial charge in [0.1, 0.15) is 12.1 Å². The number of hydrogen-bond donors (Lipinski definition) is 1. The summed E-state index contributed by atoms with van der Waals surface area (Å²) in [6.07, 6.45) is 2.63. The number of rotatable bonds is 2. The summed E-state index contributed by atoms with van der Waals surface area (Å²) < 4.78 is 0. The van der Waals surface area contributed by atoms with Crippen molar-refractivity contribution in [3.8, 4) is 0 Å². The summed E-state index contributed by atoms with van der Waals surface area (Å²) in [5, 5.41) is 2.25. The molecule has 0 aromatic rings. The van der Waals surface area contributed by atoms with Crippen molar-refractivity contribution in [1.82, 2.24) is 10.2 Å². The molecule has 0 spiro atoms. The fourth-order valence-corrected chi connectivity index (χ4v) is 1.86. The molecule has 88 valence electrons. The molecular formula is C11H16N2O3. The quantitative estimate of drug-likeness (QED) is 0.674. The summed E-state index contributed by atoms with van der Waals surface area (Å²) in [5.41, 5.74) is -0.917. The van der Waals surface area contributed by atoms with E-state index in [4.69, 9.17) is 0 Å². The maximum absolute atomic E-state index is 11.9. The van der Waals surface area contributed by atoms with E-state index in [-0.39, 0.29) is 12.5 Å². The minimum absolute atomic E-state index is 0.00963. The van der Waals surface area contributed by atoms with Crippen molar-refractivity contribution in [2.24, 2.45) is 5.92 Å². The summed E-state index contributed by atoms with van der Waals surface area (Å²) >= 11 is 0. The van der Waals surface area contributed by atoms with E-state index >= 15 is 0 Å². The van der Waals surface area contributed by atoms with E-state index in [1.807, 2.05) is 0 Å². The Morgan fingerprint density at radius 1 is 1.44 bits per heavy atom. The number of carbonyl (C=O) groups excluding carboxylic acids is 3. The molecule has 1 heterocycles. The van der Waals surface area contributed by atoms with Crippen LogP contribution in [0.1, 0.15) is 33.1 Å². The number of imide groups is 1. The maximum Gasteiger partial charge on any atom is 0.252 e. The molecule has 0 bridgehead atoms. The molecule has 1 aliphatic carbocycles. The lowest BCUT2D eigenvalue weighted by molar-refractivity contribution is -0.155. The van der Waals surface area contributed by atoms with Crippen LogP contribution in [0.2, 0.25) is 0 Å². The van der Waals surface area contributed by atoms with Crippen LogP contribution in [-0.2, 0) is 14.4 Å². The van der Waals surface area contributed by atoms with Crippen molar-refractivity contribution < 1.29 is 14.4 Å². The molecule has 1 aliphatic heterocycles. The molecule has 1 saturated carbocycles. The van der Waals surface area contributed by atoms with Crippen molar-refractivity contribution in [2.45, 2.75) is 38.6 Å². The first-order valence-corrected chi connectivity index (χ1v) is 5.56. The van der Waals surface area contributed by atoms with Gasteiger partial charge in [-0.25, -0.2) is 0 Å². The first kappa shape index (κ1) is 11.1. The molecular weight excluding hydrogens is 208 g/mol. The monoisotopic (exact) mass is 224 g/mol. The SMILES string of the molecule is CC1(C)C(=O)NC(=O)CN1C(=O)CC1CC1. The van der Waals surface area contributed by atoms with Crippen LogP contribution >= 0.6 is 0 Å². The first-order chi connectivity index (χ1) is 7.41. The van der Waals surface area contributed by atoms with Crippen molar-refractivity contribution in [2.75, 3.05) is 6.54 Å². The zero-order chi connectivity index (χ0) is 11.9. The third kappa shape index (κ3) is 1.94. The Morgan fingerprint density at radius 3 is 2.62 bits per heavy atom. The highest BCUT2D eigenvalue weighted by Gasteiger charge is 2.44. The Kier molecular flexibility index (Phi) is 2.48. The predicted octanol–water partition coefficient (Wildman–Crippen LogP) is 0.0501. The van der Waals surface area contributed by atoms with Gasteiger partial charge in [-0.15, -0.1) is 0 Å². The van der Waals surface area contributed by atoms with Crippen molar-refractivity contribution in [3.05, 3.63) is 0 Å². The van der Waals surface area contributed by atoms with Gasteiger partial charge in [-0.05, 0) is 32.6 Å². The summed E-state index contributed by atoms with van der Waals surface area (Å²) in [4.78, 5) is 36.2. The summed E-state index contributed by atoms with van der Waals surface area (Å²) in [5.74, 6) is -0.416. The van der Waals surface area contributed by atoms with E-state index in [9.17, 15) is 14.4 Å². The number of piperazine rings is 1. The normalized spacial score (nSPS) is 24.2. The second-order valence-corrected chi connectivity index (χ2v) is 5.06. The van der Waals surface area contributed by atoms with Crippen LogP contribution in [-0.4, -0.2) is 34.7 Å². The second kappa shape index (κ2) is 3.57. The van der Waals surface area contributed by atoms with Crippen LogP contribution < -0.4 is 5.32 Å². The van der Waals surface area contributed by atoms with E-state index in [1.165, 1.54) is 4.90 Å². The fourth-order valence-electron chi connectivity index (χ4n) is 1.86. The van der Waals surface area contributed by atoms with Gasteiger partial charge in [-0.1, -0.05) is 0 Å². The minimum Gasteiger partial charge on any atom is -0.319 e. The van der Waals surface area contributed by atoms with Crippen LogP contribution in [0, 0.1) is 5.92 Å². The highest BCUT2D eigenvalue weighted by molar-refractivity contribution is 6.06. The number of hydrogen-bond acceptors (Lipinski definition) is 3. The molecule has 0 aromatic carbocycles. The van der Waals surface area contributed by atoms with Crippen LogP contribution in [0.5, 0.6) is 0 Å². The molecule has 3 amide bonds. The van der Waals surface area contributed by atoms with Gasteiger partial charge in [0.05, 0.1) is 0 Å². The lowest BCUT2D eigenvalue weighted by Crippen LogP contribution is -2.65. The van der Waals surface area contributed by atoms with Gasteiger partial charge in [0.2, 0.25) is 11.8 Å². The molecule has 0 aromatic heterocycles. The van der Waals surface area contributed by atoms with Crippen LogP contribution in [0.4, 0.5) is 0 Å². The van der Waals surface area contributed by atoms with Gasteiger partial charge in [0.15, 0.2) is 0 Å². The lowest BCUT2D eigenvalue weighted by Gasteiger charge is -2.40. The molecule has 1 saturated heterocycles. The van der Waals surface area contributed by atoms with Crippen molar-refractivity contribution in [3.63, 3.8) is 0 Å². The summed E-state index contributed by atoms with van der Waals surface area (Å²) in [6.45, 7) is 3.32. The average Bonchev–Trinajstić information content (AvgIpc) is 2.95. The third-order valence-corrected chi connectivity index (χ3v) is 3.25. The molecule has 2 aliphatic rings. The Hall–Kier alpha value is -1.39. The molecule has 5 nitrogen and oxygen atoms in total. The van der Waals surface area contributed by atoms with E-state index < -0.39 is 17.4 Å². The summed E-state index contributed by atoms with van der Waals surface area (Å²) in [7, 11) is 0. The van der Waals surface area contributed by atoms with Gasteiger partial charge >= 0.3 is 0 Å². The zero-order valence-corrected chi connectivity index (χ0v) is 9.58. The number of amides is 3. The number of carbonyl (C=O) groups is 3. The third-order valence-electron chi connectivity index (χ3n) is 3.25. The van der Waals surface area contributed by atoms with Gasteiger partial charge in [0, 0.05) is 6.42 Å². The maximum atomic E-state index is 11.9. The lowest BCUT2D eigenvalue weighted by atomic mass is 9.98. The first-order valence-electron chi connectivity index (χ1n) is 5.56. The Labute approximate surface area is 94.2 Å². The Bertz CT molecular complexity index is 358. The summed E-state index contributed by atoms with van der Waals surface area (Å²) in [6, 6.07) is 0. The van der Waals surface area contributed by atoms with E-state index in [0.29, 0.717) is 12.3 Å². The average molecular weight is 224 g/mol. The topological polar surface area (TPSA) is 66.5 Å². The van der Waals surface area contributed by atoms with Crippen LogP contribution in [0.3, 0.4) is 0 Å². The fraction of sp³-hybridized carbons (Fsp3) is 0.727. The van der Waals surface area contributed by atoms with Crippen LogP contribution in [0.25, 0.3) is 0 Å². The van der Waals surface area contributed by atoms with E-state index in [0.717, 1.165) is 12.8 Å². The molecule has 5 heteroatoms. The van der Waals surface area contributed by atoms with Gasteiger partial charge in [0.25, 0.3) is 5.91 Å². The Morgan fingerprint density at radius 2 is 2.06 bits per heavy atom. The van der Waals surface area contributed by atoms with E-state index in [2.05, 4.69) is 5.32 Å². The standard InChI is InChI=1S/C11H16N2O3/c1-11(2)10(16)12-8(14)6-13(11)9(15)5-7-3-4-7/h7H,3-6H2,1-2H3,(H,12,14,16). The Balaban J connectivity index is 2.12. The largest absolute Gasteiger partial charge is 0.319 e. The van der Waals surface area contributed by atoms with Gasteiger partial charge < -0.3 is 4.90 Å². The van der Waals surface area contributed by atoms with E-state index in [1.54, 1.807) is 13.8 Å². The highest BCUT2D eigenvalue weighted by Crippen LogP contribution is 2.34. The molecule has 0 radical (unpaired) electrons. The predicted molar refractivity (Wildman–Crippen MR) is 56.3 cm³/mol. The second-order valence-electron chi connectivity index (χ2n) is 5.06. The smallest absolute Gasteiger partial charge is 0.252 e. The van der Waals surface area contributed by atoms with Gasteiger partial charge in [-0.2, -0.15) is 0 Å². The molecule has 0 unspecified atom stereocenters. The molecule has 16 heavy (non-hydrogen) atoms. The number of nitrogens with one attached hydrogen (secondary N) is 1. The molecule has 0 atom stereocenters. The van der Waals surface area contributed by atoms with Crippen molar-refractivity contribution in [1.29, 1.82) is 0 Å². The van der Waals surface area contributed by atoms with Gasteiger partial charge in [-0.3, -0.25) is 19.7 Å². The molecule has 2 fully saturated rings. The minimum atomic E-state index is -0.917. The number of nitrogens with zero attached hydrogens (tertiary/aromatic N) is 1. The van der Waals surface area contributed by atoms with Crippen LogP contribution in [0.15, 0.2) is 0 Å². The highest BCUT2D eigenvalue weighted by atomic mass is 16.2. The van der Waals surface area contributed by atoms with Crippen molar-refractivity contribution >= 4 is 17.7 Å². The molecule has 2 rings (SSSR count). The zero-order valence-electron chi connectivity index (χ0n) is 9.58.